The molecule has 0 bridgehead atoms. The van der Waals surface area contributed by atoms with Crippen molar-refractivity contribution in [2.24, 2.45) is 5.84 Å². The number of hydrogen-bond acceptors (Lipinski definition) is 4. The zero-order chi connectivity index (χ0) is 15.6. The molecule has 114 valence electrons. The predicted octanol–water partition coefficient (Wildman–Crippen LogP) is 2.73. The van der Waals surface area contributed by atoms with Gasteiger partial charge in [-0.3, -0.25) is 20.9 Å². The second-order valence-electron chi connectivity index (χ2n) is 5.30. The summed E-state index contributed by atoms with van der Waals surface area (Å²) in [6.07, 6.45) is 2.62. The molecule has 0 saturated carbocycles. The molecule has 3 N–H and O–H groups in total. The number of aromatic nitrogens is 3. The largest absolute Gasteiger partial charge is 0.271 e. The van der Waals surface area contributed by atoms with Crippen molar-refractivity contribution in [2.45, 2.75) is 46.7 Å². The van der Waals surface area contributed by atoms with E-state index in [1.54, 1.807) is 0 Å². The van der Waals surface area contributed by atoms with E-state index in [1.807, 2.05) is 24.7 Å². The zero-order valence-electron chi connectivity index (χ0n) is 12.9. The Morgan fingerprint density at radius 1 is 1.38 bits per heavy atom. The average molecular weight is 352 g/mol. The molecule has 6 heteroatoms. The highest BCUT2D eigenvalue weighted by Crippen LogP contribution is 2.27. The van der Waals surface area contributed by atoms with E-state index in [0.717, 1.165) is 45.6 Å². The number of rotatable bonds is 5. The molecule has 0 amide bonds. The average Bonchev–Trinajstić information content (AvgIpc) is 2.72. The molecule has 2 aromatic rings. The zero-order valence-corrected chi connectivity index (χ0v) is 14.5. The minimum absolute atomic E-state index is 0.0386. The van der Waals surface area contributed by atoms with Crippen molar-refractivity contribution in [3.63, 3.8) is 0 Å². The number of nitrogens with one attached hydrogen (secondary N) is 1. The highest BCUT2D eigenvalue weighted by Gasteiger charge is 2.20. The Hall–Kier alpha value is -1.24. The van der Waals surface area contributed by atoms with Crippen molar-refractivity contribution in [1.82, 2.24) is 20.2 Å². The first-order chi connectivity index (χ1) is 9.97. The smallest absolute Gasteiger partial charge is 0.0738 e. The van der Waals surface area contributed by atoms with Crippen LogP contribution < -0.4 is 11.3 Å². The van der Waals surface area contributed by atoms with Crippen molar-refractivity contribution in [1.29, 1.82) is 0 Å². The van der Waals surface area contributed by atoms with Crippen LogP contribution in [0.5, 0.6) is 0 Å². The Bertz CT molecular complexity index is 635. The summed E-state index contributed by atoms with van der Waals surface area (Å²) >= 11 is 3.63. The fourth-order valence-corrected chi connectivity index (χ4v) is 3.03. The third-order valence-corrected chi connectivity index (χ3v) is 4.67. The van der Waals surface area contributed by atoms with Crippen LogP contribution >= 0.6 is 15.9 Å². The number of nitrogens with zero attached hydrogens (tertiary/aromatic N) is 3. The third-order valence-electron chi connectivity index (χ3n) is 3.64. The molecule has 0 radical (unpaired) electrons. The molecular weight excluding hydrogens is 330 g/mol. The molecule has 0 aliphatic heterocycles. The van der Waals surface area contributed by atoms with Gasteiger partial charge in [0.1, 0.15) is 0 Å². The van der Waals surface area contributed by atoms with E-state index in [4.69, 9.17) is 5.84 Å². The number of nitrogens with two attached hydrogens (primary N) is 1. The third kappa shape index (κ3) is 3.33. The standard InChI is InChI=1S/C15H22BrN5/c1-5-21-13(14(16)11(4)20-21)7-12(19-17)15-10(3)6-9(2)8-18-15/h6,8,12,19H,5,7,17H2,1-4H3. The molecular formula is C15H22BrN5. The maximum Gasteiger partial charge on any atom is 0.0738 e. The van der Waals surface area contributed by atoms with E-state index >= 15 is 0 Å². The van der Waals surface area contributed by atoms with Crippen LogP contribution in [0.3, 0.4) is 0 Å². The number of pyridine rings is 1. The lowest BCUT2D eigenvalue weighted by Crippen LogP contribution is -2.31. The van der Waals surface area contributed by atoms with E-state index < -0.39 is 0 Å². The van der Waals surface area contributed by atoms with Gasteiger partial charge in [0.15, 0.2) is 0 Å². The van der Waals surface area contributed by atoms with Crippen LogP contribution in [0.15, 0.2) is 16.7 Å². The molecule has 1 unspecified atom stereocenters. The van der Waals surface area contributed by atoms with Gasteiger partial charge in [0.05, 0.1) is 27.6 Å². The normalized spacial score (nSPS) is 12.7. The first-order valence-electron chi connectivity index (χ1n) is 7.09. The van der Waals surface area contributed by atoms with Crippen LogP contribution in [0, 0.1) is 20.8 Å². The van der Waals surface area contributed by atoms with Crippen LogP contribution in [0.4, 0.5) is 0 Å². The summed E-state index contributed by atoms with van der Waals surface area (Å²) in [6.45, 7) is 9.03. The maximum atomic E-state index is 5.77. The summed E-state index contributed by atoms with van der Waals surface area (Å²) in [5.41, 5.74) is 8.31. The van der Waals surface area contributed by atoms with Gasteiger partial charge < -0.3 is 0 Å². The summed E-state index contributed by atoms with van der Waals surface area (Å²) in [7, 11) is 0. The second kappa shape index (κ2) is 6.68. The molecule has 2 rings (SSSR count). The summed E-state index contributed by atoms with van der Waals surface area (Å²) in [5, 5.41) is 4.53. The van der Waals surface area contributed by atoms with Crippen LogP contribution in [-0.2, 0) is 13.0 Å². The Morgan fingerprint density at radius 2 is 2.10 bits per heavy atom. The lowest BCUT2D eigenvalue weighted by atomic mass is 10.0. The van der Waals surface area contributed by atoms with Crippen LogP contribution in [0.1, 0.15) is 41.2 Å². The lowest BCUT2D eigenvalue weighted by Gasteiger charge is -2.18. The van der Waals surface area contributed by atoms with E-state index in [1.165, 1.54) is 0 Å². The molecule has 2 heterocycles. The molecule has 0 saturated heterocycles. The highest BCUT2D eigenvalue weighted by atomic mass is 79.9. The minimum atomic E-state index is -0.0386. The second-order valence-corrected chi connectivity index (χ2v) is 6.09. The van der Waals surface area contributed by atoms with Crippen molar-refractivity contribution in [2.75, 3.05) is 0 Å². The van der Waals surface area contributed by atoms with Gasteiger partial charge in [0.2, 0.25) is 0 Å². The van der Waals surface area contributed by atoms with Gasteiger partial charge in [-0.25, -0.2) is 0 Å². The molecule has 0 aromatic carbocycles. The fourth-order valence-electron chi connectivity index (χ4n) is 2.58. The quantitative estimate of drug-likeness (QED) is 0.641. The first kappa shape index (κ1) is 16.1. The summed E-state index contributed by atoms with van der Waals surface area (Å²) in [5.74, 6) is 5.77. The Balaban J connectivity index is 2.35. The Morgan fingerprint density at radius 3 is 2.67 bits per heavy atom. The van der Waals surface area contributed by atoms with E-state index in [-0.39, 0.29) is 6.04 Å². The molecule has 5 nitrogen and oxygen atoms in total. The first-order valence-corrected chi connectivity index (χ1v) is 7.88. The van der Waals surface area contributed by atoms with Crippen LogP contribution in [0.2, 0.25) is 0 Å². The van der Waals surface area contributed by atoms with Gasteiger partial charge in [-0.1, -0.05) is 6.07 Å². The SMILES string of the molecule is CCn1nc(C)c(Br)c1CC(NN)c1ncc(C)cc1C. The Labute approximate surface area is 134 Å². The van der Waals surface area contributed by atoms with Gasteiger partial charge in [-0.2, -0.15) is 5.10 Å². The molecule has 21 heavy (non-hydrogen) atoms. The van der Waals surface area contributed by atoms with E-state index in [2.05, 4.69) is 51.4 Å². The fraction of sp³-hybridized carbons (Fsp3) is 0.467. The summed E-state index contributed by atoms with van der Waals surface area (Å²) in [6, 6.07) is 2.09. The van der Waals surface area contributed by atoms with Gasteiger partial charge >= 0.3 is 0 Å². The summed E-state index contributed by atoms with van der Waals surface area (Å²) in [4.78, 5) is 4.55. The molecule has 0 aliphatic carbocycles. The molecule has 0 spiro atoms. The van der Waals surface area contributed by atoms with Crippen molar-refractivity contribution in [3.8, 4) is 0 Å². The maximum absolute atomic E-state index is 5.77. The van der Waals surface area contributed by atoms with Crippen molar-refractivity contribution >= 4 is 15.9 Å². The van der Waals surface area contributed by atoms with Gasteiger partial charge in [0.25, 0.3) is 0 Å². The number of halogens is 1. The molecule has 2 aromatic heterocycles. The predicted molar refractivity (Wildman–Crippen MR) is 87.8 cm³/mol. The van der Waals surface area contributed by atoms with E-state index in [9.17, 15) is 0 Å². The van der Waals surface area contributed by atoms with Crippen molar-refractivity contribution in [3.05, 3.63) is 44.9 Å². The number of hydrogen-bond donors (Lipinski definition) is 2. The molecule has 0 aliphatic rings. The number of hydrazine groups is 1. The Kier molecular flexibility index (Phi) is 5.13. The van der Waals surface area contributed by atoms with Crippen molar-refractivity contribution < 1.29 is 0 Å². The topological polar surface area (TPSA) is 68.8 Å². The van der Waals surface area contributed by atoms with Crippen LogP contribution in [0.25, 0.3) is 0 Å². The van der Waals surface area contributed by atoms with Gasteiger partial charge in [-0.15, -0.1) is 0 Å². The van der Waals surface area contributed by atoms with E-state index in [0.29, 0.717) is 0 Å². The van der Waals surface area contributed by atoms with Crippen LogP contribution in [-0.4, -0.2) is 14.8 Å². The monoisotopic (exact) mass is 351 g/mol. The molecule has 0 fully saturated rings. The summed E-state index contributed by atoms with van der Waals surface area (Å²) < 4.78 is 3.06. The minimum Gasteiger partial charge on any atom is -0.271 e. The lowest BCUT2D eigenvalue weighted by molar-refractivity contribution is 0.504. The highest BCUT2D eigenvalue weighted by molar-refractivity contribution is 9.10. The van der Waals surface area contributed by atoms with Gasteiger partial charge in [-0.05, 0) is 54.8 Å². The number of aryl methyl sites for hydroxylation is 4. The molecule has 1 atom stereocenters. The van der Waals surface area contributed by atoms with Gasteiger partial charge in [0, 0.05) is 19.2 Å².